The van der Waals surface area contributed by atoms with Crippen molar-refractivity contribution in [2.45, 2.75) is 12.8 Å². The molecule has 1 heterocycles. The normalized spacial score (nSPS) is 12.4. The summed E-state index contributed by atoms with van der Waals surface area (Å²) in [5, 5.41) is 12.4. The summed E-state index contributed by atoms with van der Waals surface area (Å²) in [6.45, 7) is 1.59. The lowest BCUT2D eigenvalue weighted by atomic mass is 10.1. The molecule has 21 heavy (non-hydrogen) atoms. The van der Waals surface area contributed by atoms with Gasteiger partial charge in [0, 0.05) is 17.4 Å². The van der Waals surface area contributed by atoms with Crippen LogP contribution >= 0.6 is 15.9 Å². The molecule has 3 nitrogen and oxygen atoms in total. The van der Waals surface area contributed by atoms with Crippen molar-refractivity contribution in [2.75, 3.05) is 18.5 Å². The van der Waals surface area contributed by atoms with Crippen LogP contribution in [0.2, 0.25) is 0 Å². The average Bonchev–Trinajstić information content (AvgIpc) is 2.95. The number of anilines is 1. The Balaban J connectivity index is 1.64. The molecule has 0 saturated carbocycles. The Hall–Kier alpha value is -1.99. The first-order valence-electron chi connectivity index (χ1n) is 6.94. The molecular formula is C17H15BrN2O. The van der Waals surface area contributed by atoms with E-state index in [2.05, 4.69) is 45.5 Å². The number of hydrogen-bond donors (Lipinski definition) is 1. The van der Waals surface area contributed by atoms with Gasteiger partial charge in [-0.2, -0.15) is 5.26 Å². The highest BCUT2D eigenvalue weighted by Gasteiger charge is 2.11. The molecule has 2 aromatic rings. The quantitative estimate of drug-likeness (QED) is 0.916. The van der Waals surface area contributed by atoms with Crippen molar-refractivity contribution < 1.29 is 4.74 Å². The molecule has 0 aromatic heterocycles. The molecule has 0 saturated heterocycles. The van der Waals surface area contributed by atoms with Crippen LogP contribution in [-0.2, 0) is 12.8 Å². The Morgan fingerprint density at radius 3 is 3.00 bits per heavy atom. The van der Waals surface area contributed by atoms with Gasteiger partial charge in [0.25, 0.3) is 0 Å². The van der Waals surface area contributed by atoms with Crippen LogP contribution in [0.4, 0.5) is 5.69 Å². The Bertz CT molecular complexity index is 706. The van der Waals surface area contributed by atoms with Crippen LogP contribution in [0, 0.1) is 11.3 Å². The number of nitriles is 1. The summed E-state index contributed by atoms with van der Waals surface area (Å²) in [7, 11) is 0. The van der Waals surface area contributed by atoms with Gasteiger partial charge in [0.15, 0.2) is 0 Å². The van der Waals surface area contributed by atoms with Gasteiger partial charge < -0.3 is 10.1 Å². The molecule has 1 N–H and O–H groups in total. The van der Waals surface area contributed by atoms with Gasteiger partial charge in [0.2, 0.25) is 0 Å². The van der Waals surface area contributed by atoms with E-state index in [-0.39, 0.29) is 0 Å². The summed E-state index contributed by atoms with van der Waals surface area (Å²) in [5.41, 5.74) is 4.13. The second kappa shape index (κ2) is 6.19. The minimum Gasteiger partial charge on any atom is -0.493 e. The maximum absolute atomic E-state index is 9.11. The molecule has 0 spiro atoms. The zero-order valence-corrected chi connectivity index (χ0v) is 13.1. The third-order valence-electron chi connectivity index (χ3n) is 3.59. The molecule has 2 aromatic carbocycles. The van der Waals surface area contributed by atoms with Crippen LogP contribution in [0.15, 0.2) is 40.9 Å². The van der Waals surface area contributed by atoms with Crippen LogP contribution < -0.4 is 10.1 Å². The van der Waals surface area contributed by atoms with Gasteiger partial charge in [0.05, 0.1) is 17.9 Å². The van der Waals surface area contributed by atoms with E-state index in [1.165, 1.54) is 11.1 Å². The fourth-order valence-corrected chi connectivity index (χ4v) is 2.86. The van der Waals surface area contributed by atoms with Crippen molar-refractivity contribution in [1.82, 2.24) is 0 Å². The Morgan fingerprint density at radius 1 is 1.24 bits per heavy atom. The van der Waals surface area contributed by atoms with Gasteiger partial charge in [-0.3, -0.25) is 0 Å². The third-order valence-corrected chi connectivity index (χ3v) is 4.08. The lowest BCUT2D eigenvalue weighted by molar-refractivity contribution is 0.357. The maximum atomic E-state index is 9.11. The molecule has 1 aliphatic heterocycles. The zero-order chi connectivity index (χ0) is 14.7. The number of ether oxygens (including phenoxy) is 1. The van der Waals surface area contributed by atoms with Crippen molar-refractivity contribution in [3.05, 3.63) is 57.6 Å². The minimum absolute atomic E-state index is 0.667. The summed E-state index contributed by atoms with van der Waals surface area (Å²) >= 11 is 3.43. The summed E-state index contributed by atoms with van der Waals surface area (Å²) in [4.78, 5) is 0. The van der Waals surface area contributed by atoms with Crippen LogP contribution in [0.5, 0.6) is 5.75 Å². The van der Waals surface area contributed by atoms with Crippen LogP contribution in [0.3, 0.4) is 0 Å². The summed E-state index contributed by atoms with van der Waals surface area (Å²) in [6.07, 6.45) is 1.92. The molecule has 0 amide bonds. The summed E-state index contributed by atoms with van der Waals surface area (Å²) < 4.78 is 6.48. The van der Waals surface area contributed by atoms with Crippen molar-refractivity contribution >= 4 is 21.6 Å². The monoisotopic (exact) mass is 342 g/mol. The van der Waals surface area contributed by atoms with Gasteiger partial charge in [-0.25, -0.2) is 0 Å². The van der Waals surface area contributed by atoms with E-state index in [0.29, 0.717) is 5.56 Å². The van der Waals surface area contributed by atoms with E-state index >= 15 is 0 Å². The number of nitrogens with zero attached hydrogens (tertiary/aromatic N) is 1. The highest BCUT2D eigenvalue weighted by molar-refractivity contribution is 9.10. The van der Waals surface area contributed by atoms with Crippen LogP contribution in [0.1, 0.15) is 16.7 Å². The van der Waals surface area contributed by atoms with Gasteiger partial charge >= 0.3 is 0 Å². The fourth-order valence-electron chi connectivity index (χ4n) is 2.50. The molecule has 3 rings (SSSR count). The molecule has 0 radical (unpaired) electrons. The van der Waals surface area contributed by atoms with Gasteiger partial charge in [0.1, 0.15) is 11.8 Å². The van der Waals surface area contributed by atoms with E-state index in [1.807, 2.05) is 18.2 Å². The van der Waals surface area contributed by atoms with E-state index in [4.69, 9.17) is 10.00 Å². The molecular weight excluding hydrogens is 328 g/mol. The van der Waals surface area contributed by atoms with E-state index in [1.54, 1.807) is 0 Å². The van der Waals surface area contributed by atoms with Crippen molar-refractivity contribution in [1.29, 1.82) is 5.26 Å². The fraction of sp³-hybridized carbons (Fsp3) is 0.235. The first-order chi connectivity index (χ1) is 10.3. The number of rotatable bonds is 4. The predicted octanol–water partition coefficient (Wildman–Crippen LogP) is 3.91. The third kappa shape index (κ3) is 3.20. The Kier molecular flexibility index (Phi) is 4.12. The SMILES string of the molecule is N#Cc1ccc(Br)cc1NCCc1ccc2c(c1)CCO2. The molecule has 1 aliphatic rings. The van der Waals surface area contributed by atoms with Crippen molar-refractivity contribution in [3.63, 3.8) is 0 Å². The van der Waals surface area contributed by atoms with Crippen LogP contribution in [0.25, 0.3) is 0 Å². The molecule has 0 aliphatic carbocycles. The van der Waals surface area contributed by atoms with Crippen molar-refractivity contribution in [3.8, 4) is 11.8 Å². The summed E-state index contributed by atoms with van der Waals surface area (Å²) in [5.74, 6) is 1.02. The van der Waals surface area contributed by atoms with E-state index in [9.17, 15) is 0 Å². The second-order valence-electron chi connectivity index (χ2n) is 5.02. The molecule has 0 fully saturated rings. The van der Waals surface area contributed by atoms with Gasteiger partial charge in [-0.1, -0.05) is 28.1 Å². The Morgan fingerprint density at radius 2 is 2.14 bits per heavy atom. The van der Waals surface area contributed by atoms with Gasteiger partial charge in [-0.15, -0.1) is 0 Å². The topological polar surface area (TPSA) is 45.0 Å². The van der Waals surface area contributed by atoms with E-state index < -0.39 is 0 Å². The number of hydrogen-bond acceptors (Lipinski definition) is 3. The summed E-state index contributed by atoms with van der Waals surface area (Å²) in [6, 6.07) is 14.2. The number of benzene rings is 2. The second-order valence-corrected chi connectivity index (χ2v) is 5.93. The first kappa shape index (κ1) is 14.0. The smallest absolute Gasteiger partial charge is 0.122 e. The highest BCUT2D eigenvalue weighted by atomic mass is 79.9. The minimum atomic E-state index is 0.667. The standard InChI is InChI=1S/C17H15BrN2O/c18-15-3-2-14(11-19)16(10-15)20-7-5-12-1-4-17-13(9-12)6-8-21-17/h1-4,9-10,20H,5-8H2. The molecule has 0 atom stereocenters. The lowest BCUT2D eigenvalue weighted by Crippen LogP contribution is -2.06. The average molecular weight is 343 g/mol. The molecule has 0 unspecified atom stereocenters. The van der Waals surface area contributed by atoms with E-state index in [0.717, 1.165) is 41.9 Å². The number of fused-ring (bicyclic) bond motifs is 1. The number of halogens is 1. The Labute approximate surface area is 132 Å². The largest absolute Gasteiger partial charge is 0.493 e. The molecule has 0 bridgehead atoms. The molecule has 4 heteroatoms. The lowest BCUT2D eigenvalue weighted by Gasteiger charge is -2.09. The highest BCUT2D eigenvalue weighted by Crippen LogP contribution is 2.26. The first-order valence-corrected chi connectivity index (χ1v) is 7.74. The molecule has 106 valence electrons. The van der Waals surface area contributed by atoms with Gasteiger partial charge in [-0.05, 0) is 41.8 Å². The predicted molar refractivity (Wildman–Crippen MR) is 86.7 cm³/mol. The van der Waals surface area contributed by atoms with Crippen LogP contribution in [-0.4, -0.2) is 13.2 Å². The number of nitrogens with one attached hydrogen (secondary N) is 1. The van der Waals surface area contributed by atoms with Crippen molar-refractivity contribution in [2.24, 2.45) is 0 Å². The zero-order valence-electron chi connectivity index (χ0n) is 11.5. The maximum Gasteiger partial charge on any atom is 0.122 e.